The molecule has 1 heteroatoms. The van der Waals surface area contributed by atoms with Crippen molar-refractivity contribution in [3.8, 4) is 0 Å². The van der Waals surface area contributed by atoms with Gasteiger partial charge in [-0.05, 0) is 11.5 Å². The molecule has 0 aromatic heterocycles. The van der Waals surface area contributed by atoms with Crippen molar-refractivity contribution < 1.29 is 0 Å². The summed E-state index contributed by atoms with van der Waals surface area (Å²) in [5.74, 6) is 0.702. The maximum absolute atomic E-state index is 2.34. The Kier molecular flexibility index (Phi) is 3.95. The van der Waals surface area contributed by atoms with E-state index in [-0.39, 0.29) is 9.52 Å². The fourth-order valence-electron chi connectivity index (χ4n) is 1.98. The number of rotatable bonds is 4. The van der Waals surface area contributed by atoms with E-state index in [0.29, 0.717) is 5.92 Å². The molecule has 0 N–H and O–H groups in total. The molecule has 0 saturated heterocycles. The molecule has 0 amide bonds. The van der Waals surface area contributed by atoms with Crippen molar-refractivity contribution in [2.24, 2.45) is 0 Å². The van der Waals surface area contributed by atoms with Gasteiger partial charge in [-0.25, -0.2) is 0 Å². The van der Waals surface area contributed by atoms with Gasteiger partial charge in [-0.2, -0.15) is 0 Å². The Morgan fingerprint density at radius 3 is 2.06 bits per heavy atom. The van der Waals surface area contributed by atoms with E-state index in [1.807, 2.05) is 0 Å². The predicted octanol–water partition coefficient (Wildman–Crippen LogP) is 2.70. The summed E-state index contributed by atoms with van der Waals surface area (Å²) < 4.78 is 0. The van der Waals surface area contributed by atoms with E-state index in [9.17, 15) is 0 Å². The highest BCUT2D eigenvalue weighted by molar-refractivity contribution is 6.53. The zero-order valence-electron chi connectivity index (χ0n) is 9.77. The molecule has 1 atom stereocenters. The molecule has 2 rings (SSSR count). The van der Waals surface area contributed by atoms with Gasteiger partial charge in [0.05, 0.1) is 9.52 Å². The van der Waals surface area contributed by atoms with E-state index < -0.39 is 0 Å². The molecule has 0 bridgehead atoms. The van der Waals surface area contributed by atoms with Crippen LogP contribution in [0.2, 0.25) is 6.04 Å². The minimum Gasteiger partial charge on any atom is -0.0669 e. The van der Waals surface area contributed by atoms with Crippen LogP contribution in [0.4, 0.5) is 0 Å². The Bertz CT molecular complexity index is 408. The average Bonchev–Trinajstić information content (AvgIpc) is 2.38. The standard InChI is InChI=1S/C15H18Si/c1-13(14-8-4-2-5-9-14)12-16-15-10-6-3-7-11-15/h2-11,13H,12,16H2,1H3. The van der Waals surface area contributed by atoms with Crippen molar-refractivity contribution in [2.75, 3.05) is 0 Å². The normalized spacial score (nSPS) is 13.1. The average molecular weight is 226 g/mol. The third-order valence-electron chi connectivity index (χ3n) is 3.08. The van der Waals surface area contributed by atoms with Gasteiger partial charge in [0.15, 0.2) is 0 Å². The highest BCUT2D eigenvalue weighted by atomic mass is 28.2. The molecule has 0 radical (unpaired) electrons. The summed E-state index contributed by atoms with van der Waals surface area (Å²) in [6.45, 7) is 2.34. The first-order chi connectivity index (χ1) is 7.86. The number of hydrogen-bond donors (Lipinski definition) is 0. The van der Waals surface area contributed by atoms with Crippen LogP contribution >= 0.6 is 0 Å². The summed E-state index contributed by atoms with van der Waals surface area (Å²) >= 11 is 0. The summed E-state index contributed by atoms with van der Waals surface area (Å²) in [6, 6.07) is 23.1. The number of hydrogen-bond acceptors (Lipinski definition) is 0. The summed E-state index contributed by atoms with van der Waals surface area (Å²) in [4.78, 5) is 0. The van der Waals surface area contributed by atoms with E-state index in [0.717, 1.165) is 0 Å². The van der Waals surface area contributed by atoms with Crippen LogP contribution in [0.3, 0.4) is 0 Å². The molecule has 0 aliphatic heterocycles. The van der Waals surface area contributed by atoms with Crippen LogP contribution in [0, 0.1) is 0 Å². The molecule has 0 fully saturated rings. The first-order valence-corrected chi connectivity index (χ1v) is 7.66. The Balaban J connectivity index is 1.92. The lowest BCUT2D eigenvalue weighted by molar-refractivity contribution is 0.861. The Hall–Kier alpha value is -1.34. The lowest BCUT2D eigenvalue weighted by atomic mass is 10.0. The summed E-state index contributed by atoms with van der Waals surface area (Å²) in [6.07, 6.45) is 0. The fourth-order valence-corrected chi connectivity index (χ4v) is 3.68. The second-order valence-electron chi connectivity index (χ2n) is 4.34. The summed E-state index contributed by atoms with van der Waals surface area (Å²) in [5.41, 5.74) is 1.48. The fraction of sp³-hybridized carbons (Fsp3) is 0.200. The van der Waals surface area contributed by atoms with Crippen molar-refractivity contribution in [1.29, 1.82) is 0 Å². The van der Waals surface area contributed by atoms with Gasteiger partial charge in [-0.15, -0.1) is 0 Å². The first kappa shape index (κ1) is 11.2. The van der Waals surface area contributed by atoms with E-state index >= 15 is 0 Å². The minimum absolute atomic E-state index is 0.103. The van der Waals surface area contributed by atoms with E-state index in [4.69, 9.17) is 0 Å². The molecule has 0 aliphatic carbocycles. The van der Waals surface area contributed by atoms with Gasteiger partial charge in [0.2, 0.25) is 0 Å². The first-order valence-electron chi connectivity index (χ1n) is 5.95. The Morgan fingerprint density at radius 1 is 0.875 bits per heavy atom. The Morgan fingerprint density at radius 2 is 1.44 bits per heavy atom. The van der Waals surface area contributed by atoms with Gasteiger partial charge in [-0.1, -0.05) is 78.8 Å². The van der Waals surface area contributed by atoms with E-state index in [1.165, 1.54) is 11.6 Å². The molecule has 16 heavy (non-hydrogen) atoms. The summed E-state index contributed by atoms with van der Waals surface area (Å²) in [5, 5.41) is 1.57. The Labute approximate surface area is 100 Å². The molecule has 0 heterocycles. The highest BCUT2D eigenvalue weighted by Gasteiger charge is 2.04. The van der Waals surface area contributed by atoms with Crippen LogP contribution in [0.5, 0.6) is 0 Å². The van der Waals surface area contributed by atoms with Crippen molar-refractivity contribution in [3.63, 3.8) is 0 Å². The van der Waals surface area contributed by atoms with Crippen LogP contribution in [0.1, 0.15) is 18.4 Å². The molecule has 82 valence electrons. The maximum Gasteiger partial charge on any atom is 0.0553 e. The molecule has 0 aliphatic rings. The molecule has 2 aromatic carbocycles. The van der Waals surface area contributed by atoms with Crippen molar-refractivity contribution in [3.05, 3.63) is 66.2 Å². The zero-order chi connectivity index (χ0) is 11.2. The van der Waals surface area contributed by atoms with E-state index in [2.05, 4.69) is 67.6 Å². The molecule has 0 nitrogen and oxygen atoms in total. The number of benzene rings is 2. The predicted molar refractivity (Wildman–Crippen MR) is 74.3 cm³/mol. The third-order valence-corrected chi connectivity index (χ3v) is 5.28. The van der Waals surface area contributed by atoms with Gasteiger partial charge in [-0.3, -0.25) is 0 Å². The van der Waals surface area contributed by atoms with Crippen LogP contribution in [-0.2, 0) is 0 Å². The minimum atomic E-state index is -0.103. The molecular weight excluding hydrogens is 208 g/mol. The van der Waals surface area contributed by atoms with Crippen molar-refractivity contribution in [1.82, 2.24) is 0 Å². The monoisotopic (exact) mass is 226 g/mol. The van der Waals surface area contributed by atoms with Crippen LogP contribution < -0.4 is 5.19 Å². The largest absolute Gasteiger partial charge is 0.0669 e. The van der Waals surface area contributed by atoms with Gasteiger partial charge in [0, 0.05) is 0 Å². The van der Waals surface area contributed by atoms with Crippen LogP contribution in [0.25, 0.3) is 0 Å². The third kappa shape index (κ3) is 3.07. The van der Waals surface area contributed by atoms with Gasteiger partial charge >= 0.3 is 0 Å². The highest BCUT2D eigenvalue weighted by Crippen LogP contribution is 2.18. The lowest BCUT2D eigenvalue weighted by Gasteiger charge is -2.11. The van der Waals surface area contributed by atoms with Crippen molar-refractivity contribution in [2.45, 2.75) is 18.9 Å². The molecule has 1 unspecified atom stereocenters. The zero-order valence-corrected chi connectivity index (χ0v) is 11.2. The van der Waals surface area contributed by atoms with Gasteiger partial charge in [0.1, 0.15) is 0 Å². The van der Waals surface area contributed by atoms with Gasteiger partial charge in [0.25, 0.3) is 0 Å². The quantitative estimate of drug-likeness (QED) is 0.703. The molecule has 0 saturated carbocycles. The van der Waals surface area contributed by atoms with Gasteiger partial charge < -0.3 is 0 Å². The molecule has 0 spiro atoms. The summed E-state index contributed by atoms with van der Waals surface area (Å²) in [7, 11) is -0.103. The van der Waals surface area contributed by atoms with Crippen LogP contribution in [-0.4, -0.2) is 9.52 Å². The van der Waals surface area contributed by atoms with Crippen LogP contribution in [0.15, 0.2) is 60.7 Å². The topological polar surface area (TPSA) is 0 Å². The van der Waals surface area contributed by atoms with E-state index in [1.54, 1.807) is 5.19 Å². The smallest absolute Gasteiger partial charge is 0.0553 e. The SMILES string of the molecule is CC(C[SiH2]c1ccccc1)c1ccccc1. The molecular formula is C15H18Si. The maximum atomic E-state index is 2.34. The molecule has 2 aromatic rings. The second-order valence-corrected chi connectivity index (χ2v) is 6.23. The second kappa shape index (κ2) is 5.66. The lowest BCUT2D eigenvalue weighted by Crippen LogP contribution is -2.14. The van der Waals surface area contributed by atoms with Crippen molar-refractivity contribution >= 4 is 14.7 Å².